The second kappa shape index (κ2) is 5.06. The van der Waals surface area contributed by atoms with Crippen molar-refractivity contribution in [3.05, 3.63) is 64.8 Å². The van der Waals surface area contributed by atoms with Crippen LogP contribution in [0.15, 0.2) is 59.2 Å². The average Bonchev–Trinajstić information content (AvgIpc) is 2.48. The second-order valence-corrected chi connectivity index (χ2v) is 5.15. The van der Waals surface area contributed by atoms with E-state index in [1.54, 1.807) is 24.4 Å². The van der Waals surface area contributed by atoms with Crippen molar-refractivity contribution in [2.24, 2.45) is 0 Å². The topological polar surface area (TPSA) is 50.2 Å². The molecule has 1 aromatic heterocycles. The van der Waals surface area contributed by atoms with E-state index in [4.69, 9.17) is 0 Å². The normalized spacial score (nSPS) is 10.7. The standard InChI is InChI=1S/C16H10BrNO2/c17-14-11-6-2-1-5-10(11)9-18-15(14)12-7-3-4-8-13(12)16(19)20/h1-9H,(H,19,20). The van der Waals surface area contributed by atoms with Crippen molar-refractivity contribution in [2.75, 3.05) is 0 Å². The van der Waals surface area contributed by atoms with E-state index in [2.05, 4.69) is 20.9 Å². The Balaban J connectivity index is 2.31. The summed E-state index contributed by atoms with van der Waals surface area (Å²) in [6, 6.07) is 14.7. The van der Waals surface area contributed by atoms with Crippen LogP contribution >= 0.6 is 15.9 Å². The molecule has 1 N–H and O–H groups in total. The second-order valence-electron chi connectivity index (χ2n) is 4.36. The van der Waals surface area contributed by atoms with Crippen LogP contribution in [0.2, 0.25) is 0 Å². The fraction of sp³-hybridized carbons (Fsp3) is 0. The van der Waals surface area contributed by atoms with Gasteiger partial charge in [0.25, 0.3) is 0 Å². The number of pyridine rings is 1. The molecule has 0 bridgehead atoms. The lowest BCUT2D eigenvalue weighted by molar-refractivity contribution is 0.0697. The molecule has 0 aliphatic rings. The molecule has 0 spiro atoms. The van der Waals surface area contributed by atoms with Gasteiger partial charge in [-0.05, 0) is 27.4 Å². The summed E-state index contributed by atoms with van der Waals surface area (Å²) in [4.78, 5) is 15.7. The Kier molecular flexibility index (Phi) is 3.24. The van der Waals surface area contributed by atoms with Crippen LogP contribution in [-0.4, -0.2) is 16.1 Å². The number of halogens is 1. The molecule has 1 heterocycles. The molecular weight excluding hydrogens is 318 g/mol. The molecule has 4 heteroatoms. The Morgan fingerprint density at radius 2 is 1.75 bits per heavy atom. The maximum Gasteiger partial charge on any atom is 0.336 e. The van der Waals surface area contributed by atoms with Gasteiger partial charge in [0, 0.05) is 17.1 Å². The van der Waals surface area contributed by atoms with Gasteiger partial charge in [-0.15, -0.1) is 0 Å². The highest BCUT2D eigenvalue weighted by molar-refractivity contribution is 9.10. The zero-order valence-corrected chi connectivity index (χ0v) is 12.0. The number of carboxylic acids is 1. The average molecular weight is 328 g/mol. The summed E-state index contributed by atoms with van der Waals surface area (Å²) in [5.74, 6) is -0.956. The smallest absolute Gasteiger partial charge is 0.336 e. The van der Waals surface area contributed by atoms with Gasteiger partial charge in [0.15, 0.2) is 0 Å². The number of aromatic carboxylic acids is 1. The summed E-state index contributed by atoms with van der Waals surface area (Å²) in [5, 5.41) is 11.3. The number of fused-ring (bicyclic) bond motifs is 1. The quantitative estimate of drug-likeness (QED) is 0.760. The molecule has 0 aliphatic carbocycles. The first-order valence-corrected chi connectivity index (χ1v) is 6.83. The molecule has 3 nitrogen and oxygen atoms in total. The number of benzene rings is 2. The van der Waals surface area contributed by atoms with Crippen molar-refractivity contribution in [1.29, 1.82) is 0 Å². The van der Waals surface area contributed by atoms with Gasteiger partial charge in [-0.1, -0.05) is 42.5 Å². The van der Waals surface area contributed by atoms with Crippen LogP contribution in [0.25, 0.3) is 22.0 Å². The first kappa shape index (κ1) is 12.8. The van der Waals surface area contributed by atoms with E-state index >= 15 is 0 Å². The third-order valence-corrected chi connectivity index (χ3v) is 3.95. The van der Waals surface area contributed by atoms with E-state index in [0.29, 0.717) is 11.3 Å². The minimum Gasteiger partial charge on any atom is -0.478 e. The van der Waals surface area contributed by atoms with Crippen LogP contribution in [0.1, 0.15) is 10.4 Å². The molecule has 0 aliphatic heterocycles. The van der Waals surface area contributed by atoms with Crippen LogP contribution in [0, 0.1) is 0 Å². The summed E-state index contributed by atoms with van der Waals surface area (Å²) in [6.07, 6.45) is 1.76. The molecule has 0 unspecified atom stereocenters. The van der Waals surface area contributed by atoms with Crippen LogP contribution in [0.3, 0.4) is 0 Å². The molecule has 2 aromatic carbocycles. The van der Waals surface area contributed by atoms with Gasteiger partial charge in [0.2, 0.25) is 0 Å². The third kappa shape index (κ3) is 2.08. The lowest BCUT2D eigenvalue weighted by Crippen LogP contribution is -2.00. The van der Waals surface area contributed by atoms with Gasteiger partial charge in [-0.2, -0.15) is 0 Å². The van der Waals surface area contributed by atoms with Crippen molar-refractivity contribution in [1.82, 2.24) is 4.98 Å². The SMILES string of the molecule is O=C(O)c1ccccc1-c1ncc2ccccc2c1Br. The van der Waals surface area contributed by atoms with Crippen molar-refractivity contribution < 1.29 is 9.90 Å². The molecule has 0 saturated carbocycles. The molecule has 0 fully saturated rings. The van der Waals surface area contributed by atoms with Crippen molar-refractivity contribution in [2.45, 2.75) is 0 Å². The summed E-state index contributed by atoms with van der Waals surface area (Å²) in [6.45, 7) is 0. The maximum absolute atomic E-state index is 11.3. The lowest BCUT2D eigenvalue weighted by atomic mass is 10.0. The van der Waals surface area contributed by atoms with Crippen LogP contribution in [0.5, 0.6) is 0 Å². The molecule has 3 rings (SSSR count). The molecule has 0 amide bonds. The maximum atomic E-state index is 11.3. The molecular formula is C16H10BrNO2. The van der Waals surface area contributed by atoms with Crippen LogP contribution in [0.4, 0.5) is 0 Å². The molecule has 0 saturated heterocycles. The van der Waals surface area contributed by atoms with Crippen LogP contribution < -0.4 is 0 Å². The first-order valence-electron chi connectivity index (χ1n) is 6.04. The number of aromatic nitrogens is 1. The summed E-state index contributed by atoms with van der Waals surface area (Å²) >= 11 is 3.55. The van der Waals surface area contributed by atoms with E-state index in [0.717, 1.165) is 15.2 Å². The lowest BCUT2D eigenvalue weighted by Gasteiger charge is -2.09. The number of carbonyl (C=O) groups is 1. The van der Waals surface area contributed by atoms with Gasteiger partial charge in [-0.3, -0.25) is 4.98 Å². The Labute approximate surface area is 124 Å². The monoisotopic (exact) mass is 327 g/mol. The Morgan fingerprint density at radius 1 is 1.05 bits per heavy atom. The van der Waals surface area contributed by atoms with E-state index in [9.17, 15) is 9.90 Å². The molecule has 0 radical (unpaired) electrons. The van der Waals surface area contributed by atoms with Crippen molar-refractivity contribution in [3.8, 4) is 11.3 Å². The predicted molar refractivity (Wildman–Crippen MR) is 81.8 cm³/mol. The third-order valence-electron chi connectivity index (χ3n) is 3.15. The van der Waals surface area contributed by atoms with Crippen molar-refractivity contribution >= 4 is 32.7 Å². The van der Waals surface area contributed by atoms with Gasteiger partial charge in [-0.25, -0.2) is 4.79 Å². The minimum absolute atomic E-state index is 0.246. The van der Waals surface area contributed by atoms with Crippen molar-refractivity contribution in [3.63, 3.8) is 0 Å². The van der Waals surface area contributed by atoms with E-state index in [-0.39, 0.29) is 5.56 Å². The summed E-state index contributed by atoms with van der Waals surface area (Å²) in [5.41, 5.74) is 1.50. The Bertz CT molecular complexity index is 814. The first-order chi connectivity index (χ1) is 9.68. The Hall–Kier alpha value is -2.20. The molecule has 0 atom stereocenters. The highest BCUT2D eigenvalue weighted by atomic mass is 79.9. The number of hydrogen-bond acceptors (Lipinski definition) is 2. The number of carboxylic acid groups (broad SMARTS) is 1. The van der Waals surface area contributed by atoms with E-state index < -0.39 is 5.97 Å². The summed E-state index contributed by atoms with van der Waals surface area (Å²) in [7, 11) is 0. The fourth-order valence-electron chi connectivity index (χ4n) is 2.19. The predicted octanol–water partition coefficient (Wildman–Crippen LogP) is 4.36. The molecule has 3 aromatic rings. The number of hydrogen-bond donors (Lipinski definition) is 1. The largest absolute Gasteiger partial charge is 0.478 e. The van der Waals surface area contributed by atoms with Gasteiger partial charge in [0.05, 0.1) is 15.7 Å². The molecule has 20 heavy (non-hydrogen) atoms. The van der Waals surface area contributed by atoms with E-state index in [1.165, 1.54) is 0 Å². The molecule has 98 valence electrons. The van der Waals surface area contributed by atoms with E-state index in [1.807, 2.05) is 30.3 Å². The minimum atomic E-state index is -0.956. The highest BCUT2D eigenvalue weighted by Crippen LogP contribution is 2.34. The summed E-state index contributed by atoms with van der Waals surface area (Å²) < 4.78 is 0.810. The number of rotatable bonds is 2. The highest BCUT2D eigenvalue weighted by Gasteiger charge is 2.15. The fourth-order valence-corrected chi connectivity index (χ4v) is 2.87. The zero-order chi connectivity index (χ0) is 14.1. The zero-order valence-electron chi connectivity index (χ0n) is 10.4. The van der Waals surface area contributed by atoms with Crippen LogP contribution in [-0.2, 0) is 0 Å². The van der Waals surface area contributed by atoms with Gasteiger partial charge in [0.1, 0.15) is 0 Å². The Morgan fingerprint density at radius 3 is 2.55 bits per heavy atom. The van der Waals surface area contributed by atoms with Gasteiger partial charge >= 0.3 is 5.97 Å². The number of nitrogens with zero attached hydrogens (tertiary/aromatic N) is 1. The van der Waals surface area contributed by atoms with Gasteiger partial charge < -0.3 is 5.11 Å².